The molecule has 0 bridgehead atoms. The van der Waals surface area contributed by atoms with Crippen molar-refractivity contribution < 1.29 is 0 Å². The molecule has 3 heterocycles. The van der Waals surface area contributed by atoms with Crippen molar-refractivity contribution in [2.24, 2.45) is 0 Å². The van der Waals surface area contributed by atoms with Crippen molar-refractivity contribution in [2.45, 2.75) is 37.2 Å². The van der Waals surface area contributed by atoms with E-state index in [0.717, 1.165) is 41.6 Å². The van der Waals surface area contributed by atoms with Crippen LogP contribution < -0.4 is 0 Å². The van der Waals surface area contributed by atoms with Crippen LogP contribution >= 0.6 is 11.8 Å². The minimum absolute atomic E-state index is 0.727. The second-order valence-corrected chi connectivity index (χ2v) is 5.44. The molecule has 3 rings (SSSR count). The fraction of sp³-hybridized carbons (Fsp3) is 0.385. The van der Waals surface area contributed by atoms with Gasteiger partial charge < -0.3 is 0 Å². The van der Waals surface area contributed by atoms with Crippen molar-refractivity contribution in [2.75, 3.05) is 0 Å². The molecule has 0 aliphatic heterocycles. The molecule has 6 nitrogen and oxygen atoms in total. The summed E-state index contributed by atoms with van der Waals surface area (Å²) in [6.45, 7) is 3.04. The Balaban J connectivity index is 1.72. The molecule has 0 fully saturated rings. The molecule has 0 unspecified atom stereocenters. The van der Waals surface area contributed by atoms with Gasteiger partial charge in [0.25, 0.3) is 0 Å². The maximum atomic E-state index is 4.43. The van der Waals surface area contributed by atoms with Gasteiger partial charge in [0, 0.05) is 12.7 Å². The molecule has 20 heavy (non-hydrogen) atoms. The largest absolute Gasteiger partial charge is 0.295 e. The molecule has 7 heteroatoms. The normalized spacial score (nSPS) is 11.2. The number of thioether (sulfide) groups is 1. The number of aromatic nitrogens is 6. The van der Waals surface area contributed by atoms with E-state index in [9.17, 15) is 0 Å². The Hall–Kier alpha value is -1.89. The van der Waals surface area contributed by atoms with E-state index in [-0.39, 0.29) is 0 Å². The van der Waals surface area contributed by atoms with Crippen molar-refractivity contribution in [1.82, 2.24) is 29.6 Å². The third kappa shape index (κ3) is 2.67. The van der Waals surface area contributed by atoms with Crippen LogP contribution in [0.5, 0.6) is 0 Å². The van der Waals surface area contributed by atoms with Gasteiger partial charge in [-0.2, -0.15) is 0 Å². The Kier molecular flexibility index (Phi) is 3.96. The summed E-state index contributed by atoms with van der Waals surface area (Å²) in [5.41, 5.74) is 1.10. The van der Waals surface area contributed by atoms with Gasteiger partial charge in [0.15, 0.2) is 11.0 Å². The molecule has 0 saturated heterocycles. The summed E-state index contributed by atoms with van der Waals surface area (Å²) >= 11 is 1.65. The van der Waals surface area contributed by atoms with Crippen molar-refractivity contribution >= 4 is 17.3 Å². The molecular weight excluding hydrogens is 272 g/mol. The lowest BCUT2D eigenvalue weighted by Gasteiger charge is -2.03. The Morgan fingerprint density at radius 1 is 1.30 bits per heavy atom. The number of fused-ring (bicyclic) bond motifs is 1. The van der Waals surface area contributed by atoms with E-state index in [2.05, 4.69) is 31.8 Å². The van der Waals surface area contributed by atoms with Gasteiger partial charge in [-0.05, 0) is 29.0 Å². The van der Waals surface area contributed by atoms with E-state index in [4.69, 9.17) is 0 Å². The highest BCUT2D eigenvalue weighted by Gasteiger charge is 2.09. The SMILES string of the molecule is CCCCn1nnnc1CSc1ncc2ccccn12. The third-order valence-electron chi connectivity index (χ3n) is 3.06. The van der Waals surface area contributed by atoms with Crippen LogP contribution in [0.15, 0.2) is 35.7 Å². The predicted octanol–water partition coefficient (Wildman–Crippen LogP) is 2.41. The minimum Gasteiger partial charge on any atom is -0.295 e. The van der Waals surface area contributed by atoms with E-state index in [0.29, 0.717) is 0 Å². The Bertz CT molecular complexity index is 689. The van der Waals surface area contributed by atoms with Crippen molar-refractivity contribution in [3.05, 3.63) is 36.4 Å². The van der Waals surface area contributed by atoms with E-state index < -0.39 is 0 Å². The van der Waals surface area contributed by atoms with Gasteiger partial charge in [-0.1, -0.05) is 31.2 Å². The average molecular weight is 288 g/mol. The number of unbranched alkanes of at least 4 members (excludes halogenated alkanes) is 1. The van der Waals surface area contributed by atoms with Gasteiger partial charge in [-0.25, -0.2) is 9.67 Å². The number of aryl methyl sites for hydroxylation is 1. The molecule has 0 saturated carbocycles. The van der Waals surface area contributed by atoms with Gasteiger partial charge in [0.1, 0.15) is 0 Å². The summed E-state index contributed by atoms with van der Waals surface area (Å²) < 4.78 is 3.96. The molecule has 0 amide bonds. The van der Waals surface area contributed by atoms with Crippen LogP contribution in [0.2, 0.25) is 0 Å². The Morgan fingerprint density at radius 3 is 3.15 bits per heavy atom. The highest BCUT2D eigenvalue weighted by atomic mass is 32.2. The topological polar surface area (TPSA) is 60.9 Å². The van der Waals surface area contributed by atoms with Gasteiger partial charge >= 0.3 is 0 Å². The summed E-state index contributed by atoms with van der Waals surface area (Å²) in [7, 11) is 0. The Morgan fingerprint density at radius 2 is 2.25 bits per heavy atom. The first-order valence-electron chi connectivity index (χ1n) is 6.68. The second kappa shape index (κ2) is 6.04. The number of pyridine rings is 1. The lowest BCUT2D eigenvalue weighted by Crippen LogP contribution is -2.05. The maximum Gasteiger partial charge on any atom is 0.173 e. The lowest BCUT2D eigenvalue weighted by molar-refractivity contribution is 0.540. The molecule has 0 aliphatic carbocycles. The number of hydrogen-bond donors (Lipinski definition) is 0. The molecule has 0 atom stereocenters. The van der Waals surface area contributed by atoms with Crippen molar-refractivity contribution in [3.8, 4) is 0 Å². The van der Waals surface area contributed by atoms with Crippen molar-refractivity contribution in [1.29, 1.82) is 0 Å². The standard InChI is InChI=1S/C13H16N6S/c1-2-3-8-19-12(15-16-17-19)10-20-13-14-9-11-6-4-5-7-18(11)13/h4-7,9H,2-3,8,10H2,1H3. The number of nitrogens with zero attached hydrogens (tertiary/aromatic N) is 6. The number of rotatable bonds is 6. The monoisotopic (exact) mass is 288 g/mol. The zero-order valence-corrected chi connectivity index (χ0v) is 12.1. The summed E-state index contributed by atoms with van der Waals surface area (Å²) in [6.07, 6.45) is 6.12. The fourth-order valence-corrected chi connectivity index (χ4v) is 2.86. The summed E-state index contributed by atoms with van der Waals surface area (Å²) in [5, 5.41) is 12.8. The van der Waals surface area contributed by atoms with Crippen molar-refractivity contribution in [3.63, 3.8) is 0 Å². The predicted molar refractivity (Wildman–Crippen MR) is 77.5 cm³/mol. The summed E-state index contributed by atoms with van der Waals surface area (Å²) in [4.78, 5) is 4.43. The number of tetrazole rings is 1. The highest BCUT2D eigenvalue weighted by molar-refractivity contribution is 7.98. The van der Waals surface area contributed by atoms with Crippen LogP contribution in [0.3, 0.4) is 0 Å². The summed E-state index contributed by atoms with van der Waals surface area (Å²) in [6, 6.07) is 6.06. The molecule has 0 aromatic carbocycles. The molecule has 3 aromatic heterocycles. The molecule has 3 aromatic rings. The van der Waals surface area contributed by atoms with Gasteiger partial charge in [0.05, 0.1) is 17.5 Å². The number of imidazole rings is 1. The zero-order chi connectivity index (χ0) is 13.8. The molecule has 0 spiro atoms. The first-order valence-corrected chi connectivity index (χ1v) is 7.67. The first-order chi connectivity index (χ1) is 9.88. The van der Waals surface area contributed by atoms with Crippen LogP contribution in [0.25, 0.3) is 5.52 Å². The molecule has 0 N–H and O–H groups in total. The van der Waals surface area contributed by atoms with Crippen LogP contribution in [0, 0.1) is 0 Å². The summed E-state index contributed by atoms with van der Waals surface area (Å²) in [5.74, 6) is 1.63. The fourth-order valence-electron chi connectivity index (χ4n) is 1.96. The van der Waals surface area contributed by atoms with Gasteiger partial charge in [-0.15, -0.1) is 5.10 Å². The average Bonchev–Trinajstić information content (AvgIpc) is 3.09. The molecule has 0 aliphatic rings. The smallest absolute Gasteiger partial charge is 0.173 e. The first kappa shape index (κ1) is 13.1. The molecular formula is C13H16N6S. The van der Waals surface area contributed by atoms with Gasteiger partial charge in [-0.3, -0.25) is 4.40 Å². The van der Waals surface area contributed by atoms with Crippen LogP contribution in [-0.4, -0.2) is 29.6 Å². The van der Waals surface area contributed by atoms with E-state index in [1.54, 1.807) is 11.8 Å². The highest BCUT2D eigenvalue weighted by Crippen LogP contribution is 2.21. The number of hydrogen-bond acceptors (Lipinski definition) is 5. The van der Waals surface area contributed by atoms with Crippen LogP contribution in [-0.2, 0) is 12.3 Å². The Labute approximate surface area is 121 Å². The third-order valence-corrected chi connectivity index (χ3v) is 4.03. The molecule has 104 valence electrons. The quantitative estimate of drug-likeness (QED) is 0.652. The lowest BCUT2D eigenvalue weighted by atomic mass is 10.3. The van der Waals surface area contributed by atoms with Crippen LogP contribution in [0.1, 0.15) is 25.6 Å². The molecule has 0 radical (unpaired) electrons. The zero-order valence-electron chi connectivity index (χ0n) is 11.3. The maximum absolute atomic E-state index is 4.43. The van der Waals surface area contributed by atoms with E-state index in [1.807, 2.05) is 35.3 Å². The minimum atomic E-state index is 0.727. The van der Waals surface area contributed by atoms with E-state index >= 15 is 0 Å². The van der Waals surface area contributed by atoms with Gasteiger partial charge in [0.2, 0.25) is 0 Å². The van der Waals surface area contributed by atoms with Crippen LogP contribution in [0.4, 0.5) is 0 Å². The van der Waals surface area contributed by atoms with E-state index in [1.165, 1.54) is 0 Å². The second-order valence-electron chi connectivity index (χ2n) is 4.50.